The molecule has 0 fully saturated rings. The highest BCUT2D eigenvalue weighted by atomic mass is 14.9. The topological polar surface area (TPSA) is 12.0 Å². The summed E-state index contributed by atoms with van der Waals surface area (Å²) in [4.78, 5) is 0. The Labute approximate surface area is 100 Å². The van der Waals surface area contributed by atoms with Crippen LogP contribution in [0.3, 0.4) is 0 Å². The third kappa shape index (κ3) is 3.34. The molecular weight excluding hydrogens is 194 g/mol. The van der Waals surface area contributed by atoms with E-state index < -0.39 is 0 Å². The predicted octanol–water partition coefficient (Wildman–Crippen LogP) is 3.81. The Morgan fingerprint density at radius 1 is 1.06 bits per heavy atom. The van der Waals surface area contributed by atoms with E-state index in [2.05, 4.69) is 63.3 Å². The summed E-state index contributed by atoms with van der Waals surface area (Å²) in [7, 11) is 0. The summed E-state index contributed by atoms with van der Waals surface area (Å²) in [5, 5.41) is 3.61. The van der Waals surface area contributed by atoms with E-state index in [1.54, 1.807) is 0 Å². The summed E-state index contributed by atoms with van der Waals surface area (Å²) in [6, 6.07) is 11.5. The van der Waals surface area contributed by atoms with Gasteiger partial charge in [-0.15, -0.1) is 0 Å². The van der Waals surface area contributed by atoms with Crippen molar-refractivity contribution in [2.24, 2.45) is 5.92 Å². The van der Waals surface area contributed by atoms with Gasteiger partial charge < -0.3 is 5.32 Å². The Kier molecular flexibility index (Phi) is 5.54. The van der Waals surface area contributed by atoms with E-state index in [9.17, 15) is 0 Å². The average molecular weight is 219 g/mol. The highest BCUT2D eigenvalue weighted by molar-refractivity contribution is 5.22. The summed E-state index contributed by atoms with van der Waals surface area (Å²) in [5.74, 6) is 1.29. The Morgan fingerprint density at radius 2 is 1.69 bits per heavy atom. The average Bonchev–Trinajstić information content (AvgIpc) is 2.29. The van der Waals surface area contributed by atoms with Crippen LogP contribution in [0.4, 0.5) is 0 Å². The van der Waals surface area contributed by atoms with E-state index in [4.69, 9.17) is 0 Å². The van der Waals surface area contributed by atoms with Crippen LogP contribution in [0.5, 0.6) is 0 Å². The van der Waals surface area contributed by atoms with Gasteiger partial charge in [0.25, 0.3) is 0 Å². The Hall–Kier alpha value is -0.820. The quantitative estimate of drug-likeness (QED) is 0.767. The number of likely N-dealkylation sites (N-methyl/N-ethyl adjacent to an activating group) is 1. The minimum atomic E-state index is 0.590. The second kappa shape index (κ2) is 6.70. The number of hydrogen-bond donors (Lipinski definition) is 1. The predicted molar refractivity (Wildman–Crippen MR) is 71.8 cm³/mol. The first kappa shape index (κ1) is 13.2. The zero-order valence-electron chi connectivity index (χ0n) is 11.0. The molecule has 0 bridgehead atoms. The maximum absolute atomic E-state index is 3.61. The fraction of sp³-hybridized carbons (Fsp3) is 0.600. The lowest BCUT2D eigenvalue weighted by atomic mass is 9.81. The van der Waals surface area contributed by atoms with Crippen LogP contribution in [0.15, 0.2) is 30.3 Å². The zero-order valence-corrected chi connectivity index (χ0v) is 11.0. The molecular formula is C15H25N. The number of hydrogen-bond acceptors (Lipinski definition) is 1. The molecule has 1 aromatic carbocycles. The first-order valence-electron chi connectivity index (χ1n) is 6.49. The monoisotopic (exact) mass is 219 g/mol. The molecule has 0 amide bonds. The minimum Gasteiger partial charge on any atom is -0.314 e. The molecule has 16 heavy (non-hydrogen) atoms. The molecule has 1 rings (SSSR count). The van der Waals surface area contributed by atoms with Crippen LogP contribution >= 0.6 is 0 Å². The van der Waals surface area contributed by atoms with E-state index in [1.807, 2.05) is 0 Å². The zero-order chi connectivity index (χ0) is 12.0. The molecule has 0 saturated heterocycles. The number of rotatable bonds is 6. The molecule has 0 aliphatic heterocycles. The maximum atomic E-state index is 3.61. The van der Waals surface area contributed by atoms with Crippen LogP contribution in [0.25, 0.3) is 0 Å². The van der Waals surface area contributed by atoms with E-state index >= 15 is 0 Å². The van der Waals surface area contributed by atoms with E-state index in [0.29, 0.717) is 17.9 Å². The smallest absolute Gasteiger partial charge is 0.0135 e. The lowest BCUT2D eigenvalue weighted by Gasteiger charge is -2.30. The first-order valence-corrected chi connectivity index (χ1v) is 6.49. The Morgan fingerprint density at radius 3 is 2.12 bits per heavy atom. The molecule has 90 valence electrons. The summed E-state index contributed by atoms with van der Waals surface area (Å²) in [6.07, 6.45) is 1.19. The molecule has 0 saturated carbocycles. The lowest BCUT2D eigenvalue weighted by molar-refractivity contribution is 0.355. The Balaban J connectivity index is 2.90. The van der Waals surface area contributed by atoms with Crippen LogP contribution in [0, 0.1) is 5.92 Å². The van der Waals surface area contributed by atoms with Crippen molar-refractivity contribution in [3.63, 3.8) is 0 Å². The van der Waals surface area contributed by atoms with Crippen molar-refractivity contribution in [1.29, 1.82) is 0 Å². The SMILES string of the molecule is CCNC(CC)C(c1ccccc1)C(C)C. The highest BCUT2D eigenvalue weighted by Crippen LogP contribution is 2.29. The van der Waals surface area contributed by atoms with Crippen molar-refractivity contribution in [1.82, 2.24) is 5.32 Å². The van der Waals surface area contributed by atoms with Gasteiger partial charge in [0.05, 0.1) is 0 Å². The van der Waals surface area contributed by atoms with Gasteiger partial charge in [-0.3, -0.25) is 0 Å². The number of nitrogens with one attached hydrogen (secondary N) is 1. The molecule has 1 heteroatoms. The van der Waals surface area contributed by atoms with E-state index in [1.165, 1.54) is 12.0 Å². The summed E-state index contributed by atoms with van der Waals surface area (Å²) in [5.41, 5.74) is 1.46. The molecule has 2 unspecified atom stereocenters. The second-order valence-corrected chi connectivity index (χ2v) is 4.75. The van der Waals surface area contributed by atoms with Gasteiger partial charge in [-0.1, -0.05) is 58.0 Å². The molecule has 0 aliphatic rings. The van der Waals surface area contributed by atoms with Crippen molar-refractivity contribution < 1.29 is 0 Å². The fourth-order valence-electron chi connectivity index (χ4n) is 2.54. The van der Waals surface area contributed by atoms with Gasteiger partial charge >= 0.3 is 0 Å². The standard InChI is InChI=1S/C15H25N/c1-5-14(16-6-2)15(12(3)4)13-10-8-7-9-11-13/h7-12,14-16H,5-6H2,1-4H3. The Bertz CT molecular complexity index is 279. The molecule has 2 atom stereocenters. The highest BCUT2D eigenvalue weighted by Gasteiger charge is 2.23. The summed E-state index contributed by atoms with van der Waals surface area (Å²) in [6.45, 7) is 10.1. The van der Waals surface area contributed by atoms with Crippen LogP contribution in [-0.4, -0.2) is 12.6 Å². The maximum Gasteiger partial charge on any atom is 0.0135 e. The van der Waals surface area contributed by atoms with Crippen LogP contribution < -0.4 is 5.32 Å². The molecule has 0 aromatic heterocycles. The molecule has 1 N–H and O–H groups in total. The van der Waals surface area contributed by atoms with Crippen molar-refractivity contribution in [2.75, 3.05) is 6.54 Å². The van der Waals surface area contributed by atoms with Crippen molar-refractivity contribution >= 4 is 0 Å². The van der Waals surface area contributed by atoms with Gasteiger partial charge in [-0.2, -0.15) is 0 Å². The lowest BCUT2D eigenvalue weighted by Crippen LogP contribution is -2.36. The fourth-order valence-corrected chi connectivity index (χ4v) is 2.54. The molecule has 1 nitrogen and oxygen atoms in total. The largest absolute Gasteiger partial charge is 0.314 e. The first-order chi connectivity index (χ1) is 7.70. The van der Waals surface area contributed by atoms with E-state index in [0.717, 1.165) is 6.54 Å². The van der Waals surface area contributed by atoms with Gasteiger partial charge in [0.15, 0.2) is 0 Å². The van der Waals surface area contributed by atoms with Crippen LogP contribution in [-0.2, 0) is 0 Å². The van der Waals surface area contributed by atoms with Crippen molar-refractivity contribution in [3.8, 4) is 0 Å². The van der Waals surface area contributed by atoms with E-state index in [-0.39, 0.29) is 0 Å². The summed E-state index contributed by atoms with van der Waals surface area (Å²) >= 11 is 0. The van der Waals surface area contributed by atoms with Crippen LogP contribution in [0.2, 0.25) is 0 Å². The normalized spacial score (nSPS) is 15.1. The molecule has 0 aliphatic carbocycles. The third-order valence-electron chi connectivity index (χ3n) is 3.24. The third-order valence-corrected chi connectivity index (χ3v) is 3.24. The van der Waals surface area contributed by atoms with Crippen molar-refractivity contribution in [3.05, 3.63) is 35.9 Å². The molecule has 0 spiro atoms. The van der Waals surface area contributed by atoms with Gasteiger partial charge in [0, 0.05) is 12.0 Å². The van der Waals surface area contributed by atoms with Crippen molar-refractivity contribution in [2.45, 2.75) is 46.1 Å². The van der Waals surface area contributed by atoms with Gasteiger partial charge in [0.1, 0.15) is 0 Å². The molecule has 0 heterocycles. The minimum absolute atomic E-state index is 0.590. The summed E-state index contributed by atoms with van der Waals surface area (Å²) < 4.78 is 0. The van der Waals surface area contributed by atoms with Gasteiger partial charge in [-0.25, -0.2) is 0 Å². The van der Waals surface area contributed by atoms with Gasteiger partial charge in [0.2, 0.25) is 0 Å². The second-order valence-electron chi connectivity index (χ2n) is 4.75. The number of benzene rings is 1. The molecule has 1 aromatic rings. The molecule has 0 radical (unpaired) electrons. The van der Waals surface area contributed by atoms with Gasteiger partial charge in [-0.05, 0) is 24.4 Å². The van der Waals surface area contributed by atoms with Crippen LogP contribution in [0.1, 0.15) is 45.6 Å².